The highest BCUT2D eigenvalue weighted by Gasteiger charge is 2.26. The quantitative estimate of drug-likeness (QED) is 0.363. The van der Waals surface area contributed by atoms with Gasteiger partial charge in [-0.1, -0.05) is 78.9 Å². The van der Waals surface area contributed by atoms with Crippen LogP contribution in [0.15, 0.2) is 89.5 Å². The molecule has 2 aromatic heterocycles. The predicted molar refractivity (Wildman–Crippen MR) is 125 cm³/mol. The molecule has 0 amide bonds. The summed E-state index contributed by atoms with van der Waals surface area (Å²) in [6, 6.07) is 27.9. The topological polar surface area (TPSA) is 26.0 Å². The molecule has 2 nitrogen and oxygen atoms in total. The first-order chi connectivity index (χ1) is 14.0. The van der Waals surface area contributed by atoms with Gasteiger partial charge in [-0.25, -0.2) is 0 Å². The largest absolute Gasteiger partial charge is 0.455 e. The highest BCUT2D eigenvalue weighted by atomic mass is 28.3. The zero-order valence-corrected chi connectivity index (χ0v) is 17.9. The molecule has 142 valence electrons. The van der Waals surface area contributed by atoms with Gasteiger partial charge in [-0.15, -0.1) is 0 Å². The van der Waals surface area contributed by atoms with Crippen LogP contribution in [0.2, 0.25) is 13.1 Å². The van der Waals surface area contributed by atoms with Crippen LogP contribution in [0.25, 0.3) is 33.2 Å². The molecule has 0 saturated carbocycles. The molecule has 0 aliphatic rings. The number of furan rings is 1. The van der Waals surface area contributed by atoms with E-state index in [9.17, 15) is 0 Å². The third kappa shape index (κ3) is 2.99. The molecular formula is C26H23NOSi. The monoisotopic (exact) mass is 393 g/mol. The number of aromatic nitrogens is 1. The van der Waals surface area contributed by atoms with Crippen LogP contribution in [0.3, 0.4) is 0 Å². The van der Waals surface area contributed by atoms with Crippen LogP contribution in [0.5, 0.6) is 0 Å². The van der Waals surface area contributed by atoms with Crippen molar-refractivity contribution in [3.8, 4) is 11.3 Å². The minimum atomic E-state index is -1.75. The lowest BCUT2D eigenvalue weighted by atomic mass is 10.1. The molecule has 0 unspecified atom stereocenters. The lowest BCUT2D eigenvalue weighted by molar-refractivity contribution is 0.669. The van der Waals surface area contributed by atoms with Crippen LogP contribution >= 0.6 is 0 Å². The average Bonchev–Trinajstić information content (AvgIpc) is 3.12. The van der Waals surface area contributed by atoms with Crippen molar-refractivity contribution in [3.63, 3.8) is 0 Å². The van der Waals surface area contributed by atoms with Crippen molar-refractivity contribution in [1.29, 1.82) is 0 Å². The van der Waals surface area contributed by atoms with Gasteiger partial charge in [-0.3, -0.25) is 4.98 Å². The molecule has 3 aromatic carbocycles. The molecule has 0 bridgehead atoms. The van der Waals surface area contributed by atoms with Crippen molar-refractivity contribution in [2.75, 3.05) is 0 Å². The SMILES string of the molecule is Cc1ccc2c(c1)oc1c(-c3ccc([Si](C)(C)c4ccccc4)cn3)cccc12. The number of hydrogen-bond acceptors (Lipinski definition) is 2. The number of para-hydroxylation sites is 1. The minimum Gasteiger partial charge on any atom is -0.455 e. The Morgan fingerprint density at radius 1 is 0.759 bits per heavy atom. The predicted octanol–water partition coefficient (Wildman–Crippen LogP) is 5.78. The van der Waals surface area contributed by atoms with Crippen molar-refractivity contribution < 1.29 is 4.42 Å². The van der Waals surface area contributed by atoms with E-state index in [2.05, 4.69) is 105 Å². The van der Waals surface area contributed by atoms with Crippen LogP contribution in [-0.2, 0) is 0 Å². The maximum Gasteiger partial charge on any atom is 0.144 e. The molecule has 0 spiro atoms. The van der Waals surface area contributed by atoms with E-state index in [1.165, 1.54) is 15.9 Å². The third-order valence-electron chi connectivity index (χ3n) is 5.91. The number of pyridine rings is 1. The number of rotatable bonds is 3. The molecule has 0 aliphatic heterocycles. The van der Waals surface area contributed by atoms with E-state index >= 15 is 0 Å². The zero-order chi connectivity index (χ0) is 20.0. The molecule has 5 rings (SSSR count). The fraction of sp³-hybridized carbons (Fsp3) is 0.115. The lowest BCUT2D eigenvalue weighted by Crippen LogP contribution is -2.52. The molecule has 0 saturated heterocycles. The number of aryl methyl sites for hydroxylation is 1. The summed E-state index contributed by atoms with van der Waals surface area (Å²) in [5, 5.41) is 5.05. The molecule has 0 aliphatic carbocycles. The first-order valence-corrected chi connectivity index (χ1v) is 13.0. The Morgan fingerprint density at radius 2 is 1.59 bits per heavy atom. The van der Waals surface area contributed by atoms with Crippen molar-refractivity contribution in [1.82, 2.24) is 4.98 Å². The summed E-state index contributed by atoms with van der Waals surface area (Å²) in [6.45, 7) is 6.84. The number of benzene rings is 3. The molecular weight excluding hydrogens is 370 g/mol. The Morgan fingerprint density at radius 3 is 2.34 bits per heavy atom. The van der Waals surface area contributed by atoms with Gasteiger partial charge in [-0.2, -0.15) is 0 Å². The van der Waals surface area contributed by atoms with Gasteiger partial charge in [-0.05, 0) is 35.9 Å². The fourth-order valence-electron chi connectivity index (χ4n) is 4.05. The van der Waals surface area contributed by atoms with Crippen molar-refractivity contribution in [2.45, 2.75) is 20.0 Å². The van der Waals surface area contributed by atoms with E-state index in [1.54, 1.807) is 0 Å². The van der Waals surface area contributed by atoms with Crippen LogP contribution in [0, 0.1) is 6.92 Å². The van der Waals surface area contributed by atoms with Crippen molar-refractivity contribution in [2.24, 2.45) is 0 Å². The summed E-state index contributed by atoms with van der Waals surface area (Å²) in [6.07, 6.45) is 2.06. The third-order valence-corrected chi connectivity index (χ3v) is 9.43. The van der Waals surface area contributed by atoms with E-state index in [1.807, 2.05) is 0 Å². The highest BCUT2D eigenvalue weighted by Crippen LogP contribution is 2.35. The average molecular weight is 394 g/mol. The maximum atomic E-state index is 6.25. The van der Waals surface area contributed by atoms with Gasteiger partial charge in [0.1, 0.15) is 19.2 Å². The summed E-state index contributed by atoms with van der Waals surface area (Å²) >= 11 is 0. The maximum absolute atomic E-state index is 6.25. The summed E-state index contributed by atoms with van der Waals surface area (Å²) in [5.41, 5.74) is 5.04. The number of fused-ring (bicyclic) bond motifs is 3. The van der Waals surface area contributed by atoms with Gasteiger partial charge >= 0.3 is 0 Å². The van der Waals surface area contributed by atoms with Crippen LogP contribution < -0.4 is 10.4 Å². The Bertz CT molecular complexity index is 1320. The standard InChI is InChI=1S/C26H23NOSi/c1-18-12-14-21-22-10-7-11-23(26(22)28-25(21)16-18)24-15-13-20(17-27-24)29(2,3)19-8-5-4-6-9-19/h4-17H,1-3H3. The molecule has 0 radical (unpaired) electrons. The first kappa shape index (κ1) is 17.9. The van der Waals surface area contributed by atoms with Gasteiger partial charge in [0.15, 0.2) is 0 Å². The Kier molecular flexibility index (Phi) is 4.14. The van der Waals surface area contributed by atoms with Gasteiger partial charge < -0.3 is 4.42 Å². The van der Waals surface area contributed by atoms with E-state index in [0.717, 1.165) is 33.2 Å². The Hall–Kier alpha value is -3.17. The second-order valence-corrected chi connectivity index (χ2v) is 12.6. The molecule has 5 aromatic rings. The normalized spacial score (nSPS) is 12.0. The van der Waals surface area contributed by atoms with E-state index in [0.29, 0.717) is 0 Å². The zero-order valence-electron chi connectivity index (χ0n) is 16.9. The van der Waals surface area contributed by atoms with Crippen LogP contribution in [-0.4, -0.2) is 13.1 Å². The van der Waals surface area contributed by atoms with Gasteiger partial charge in [0.2, 0.25) is 0 Å². The second-order valence-electron chi connectivity index (χ2n) is 8.21. The minimum absolute atomic E-state index is 0.910. The Labute approximate surface area is 171 Å². The number of hydrogen-bond donors (Lipinski definition) is 0. The van der Waals surface area contributed by atoms with E-state index in [4.69, 9.17) is 9.40 Å². The molecule has 2 heterocycles. The second kappa shape index (κ2) is 6.71. The molecule has 3 heteroatoms. The van der Waals surface area contributed by atoms with Gasteiger partial charge in [0.05, 0.1) is 5.69 Å². The molecule has 0 atom stereocenters. The lowest BCUT2D eigenvalue weighted by Gasteiger charge is -2.23. The Balaban J connectivity index is 1.60. The van der Waals surface area contributed by atoms with Gasteiger partial charge in [0, 0.05) is 22.5 Å². The van der Waals surface area contributed by atoms with E-state index < -0.39 is 8.07 Å². The van der Waals surface area contributed by atoms with Gasteiger partial charge in [0.25, 0.3) is 0 Å². The van der Waals surface area contributed by atoms with Crippen LogP contribution in [0.1, 0.15) is 5.56 Å². The highest BCUT2D eigenvalue weighted by molar-refractivity contribution is 7.00. The summed E-state index contributed by atoms with van der Waals surface area (Å²) in [4.78, 5) is 4.85. The summed E-state index contributed by atoms with van der Waals surface area (Å²) < 4.78 is 6.25. The molecule has 0 fully saturated rings. The molecule has 0 N–H and O–H groups in total. The first-order valence-electron chi connectivity index (χ1n) is 9.98. The molecule has 29 heavy (non-hydrogen) atoms. The van der Waals surface area contributed by atoms with Crippen molar-refractivity contribution in [3.05, 3.63) is 90.6 Å². The smallest absolute Gasteiger partial charge is 0.144 e. The van der Waals surface area contributed by atoms with Crippen LogP contribution in [0.4, 0.5) is 0 Å². The summed E-state index contributed by atoms with van der Waals surface area (Å²) in [7, 11) is -1.75. The number of nitrogens with zero attached hydrogens (tertiary/aromatic N) is 1. The van der Waals surface area contributed by atoms with Crippen molar-refractivity contribution >= 4 is 40.4 Å². The fourth-order valence-corrected chi connectivity index (χ4v) is 6.30. The summed E-state index contributed by atoms with van der Waals surface area (Å²) in [5.74, 6) is 0. The van der Waals surface area contributed by atoms with E-state index in [-0.39, 0.29) is 0 Å².